The Morgan fingerprint density at radius 1 is 1.12 bits per heavy atom. The van der Waals surface area contributed by atoms with Gasteiger partial charge in [-0.3, -0.25) is 9.59 Å². The minimum atomic E-state index is -0.742. The van der Waals surface area contributed by atoms with Crippen LogP contribution in [0, 0.1) is 24.5 Å². The van der Waals surface area contributed by atoms with Crippen LogP contribution in [0.15, 0.2) is 48.5 Å². The topological polar surface area (TPSA) is 51.5 Å². The van der Waals surface area contributed by atoms with Crippen molar-refractivity contribution in [2.75, 3.05) is 19.7 Å². The van der Waals surface area contributed by atoms with Crippen LogP contribution in [0.25, 0.3) is 16.9 Å². The van der Waals surface area contributed by atoms with E-state index in [9.17, 15) is 18.4 Å². The second-order valence-corrected chi connectivity index (χ2v) is 8.75. The van der Waals surface area contributed by atoms with Crippen LogP contribution in [0.3, 0.4) is 0 Å². The number of ether oxygens (including phenoxy) is 1. The van der Waals surface area contributed by atoms with Crippen LogP contribution in [0.4, 0.5) is 8.78 Å². The van der Waals surface area contributed by atoms with Crippen LogP contribution in [0.5, 0.6) is 0 Å². The van der Waals surface area contributed by atoms with Gasteiger partial charge in [0, 0.05) is 29.9 Å². The molecule has 1 unspecified atom stereocenters. The van der Waals surface area contributed by atoms with Gasteiger partial charge in [-0.15, -0.1) is 0 Å². The third kappa shape index (κ3) is 4.71. The number of carbonyl (C=O) groups excluding carboxylic acids is 2. The average Bonchev–Trinajstić information content (AvgIpc) is 3.16. The first-order chi connectivity index (χ1) is 16.3. The monoisotopic (exact) mass is 486 g/mol. The van der Waals surface area contributed by atoms with E-state index < -0.39 is 11.6 Å². The molecular formula is C26H25ClF2N2O3. The van der Waals surface area contributed by atoms with Gasteiger partial charge in [0.1, 0.15) is 11.6 Å². The van der Waals surface area contributed by atoms with Gasteiger partial charge >= 0.3 is 5.97 Å². The molecule has 1 fully saturated rings. The highest BCUT2D eigenvalue weighted by Crippen LogP contribution is 2.33. The molecule has 5 nitrogen and oxygen atoms in total. The number of likely N-dealkylation sites (tertiary alicyclic amines) is 1. The van der Waals surface area contributed by atoms with Crippen molar-refractivity contribution in [1.82, 2.24) is 9.47 Å². The Morgan fingerprint density at radius 3 is 2.53 bits per heavy atom. The molecule has 0 saturated carbocycles. The second kappa shape index (κ2) is 9.97. The van der Waals surface area contributed by atoms with Crippen LogP contribution in [0.1, 0.15) is 35.8 Å². The minimum Gasteiger partial charge on any atom is -0.466 e. The number of carbonyl (C=O) groups is 2. The second-order valence-electron chi connectivity index (χ2n) is 8.31. The zero-order valence-electron chi connectivity index (χ0n) is 19.0. The molecule has 0 N–H and O–H groups in total. The van der Waals surface area contributed by atoms with Gasteiger partial charge in [0.15, 0.2) is 0 Å². The number of halogens is 3. The fourth-order valence-electron chi connectivity index (χ4n) is 4.41. The molecule has 1 aliphatic rings. The van der Waals surface area contributed by atoms with Gasteiger partial charge in [-0.2, -0.15) is 0 Å². The summed E-state index contributed by atoms with van der Waals surface area (Å²) in [7, 11) is 0. The molecule has 34 heavy (non-hydrogen) atoms. The van der Waals surface area contributed by atoms with E-state index in [0.29, 0.717) is 48.0 Å². The Morgan fingerprint density at radius 2 is 1.85 bits per heavy atom. The van der Waals surface area contributed by atoms with Crippen molar-refractivity contribution in [1.29, 1.82) is 0 Å². The maximum atomic E-state index is 14.8. The Hall–Kier alpha value is -3.19. The van der Waals surface area contributed by atoms with Gasteiger partial charge in [0.05, 0.1) is 29.5 Å². The van der Waals surface area contributed by atoms with Crippen LogP contribution in [-0.2, 0) is 9.53 Å². The van der Waals surface area contributed by atoms with E-state index in [2.05, 4.69) is 0 Å². The summed E-state index contributed by atoms with van der Waals surface area (Å²) >= 11 is 6.04. The Labute approximate surface area is 201 Å². The molecule has 4 rings (SSSR count). The molecule has 2 aromatic carbocycles. The predicted octanol–water partition coefficient (Wildman–Crippen LogP) is 5.80. The lowest BCUT2D eigenvalue weighted by molar-refractivity contribution is -0.149. The lowest BCUT2D eigenvalue weighted by atomic mass is 9.97. The zero-order chi connectivity index (χ0) is 24.4. The molecule has 0 aliphatic carbocycles. The van der Waals surface area contributed by atoms with Crippen molar-refractivity contribution < 1.29 is 23.1 Å². The van der Waals surface area contributed by atoms with Crippen molar-refractivity contribution in [3.63, 3.8) is 0 Å². The summed E-state index contributed by atoms with van der Waals surface area (Å²) in [5, 5.41) is 0.543. The van der Waals surface area contributed by atoms with Crippen LogP contribution in [0.2, 0.25) is 5.02 Å². The highest BCUT2D eigenvalue weighted by Gasteiger charge is 2.32. The van der Waals surface area contributed by atoms with E-state index in [4.69, 9.17) is 16.3 Å². The summed E-state index contributed by atoms with van der Waals surface area (Å²) in [6, 6.07) is 12.0. The van der Waals surface area contributed by atoms with Crippen molar-refractivity contribution in [2.24, 2.45) is 5.92 Å². The van der Waals surface area contributed by atoms with Gasteiger partial charge < -0.3 is 14.2 Å². The fraction of sp³-hybridized carbons (Fsp3) is 0.308. The Bertz CT molecular complexity index is 1220. The molecule has 1 amide bonds. The number of esters is 1. The lowest BCUT2D eigenvalue weighted by Gasteiger charge is -2.31. The van der Waals surface area contributed by atoms with Gasteiger partial charge in [-0.25, -0.2) is 8.78 Å². The molecule has 1 saturated heterocycles. The number of hydrogen-bond acceptors (Lipinski definition) is 3. The van der Waals surface area contributed by atoms with Crippen molar-refractivity contribution in [3.8, 4) is 16.9 Å². The number of benzene rings is 2. The SMILES string of the molecule is CCOC(=O)C1CCCN(C(=O)c2cc(-c3ccc(Cl)cc3)n(-c3ccc(F)cc3F)c2C)C1. The first-order valence-corrected chi connectivity index (χ1v) is 11.6. The first-order valence-electron chi connectivity index (χ1n) is 11.2. The van der Waals surface area contributed by atoms with Gasteiger partial charge in [0.25, 0.3) is 5.91 Å². The molecule has 0 spiro atoms. The lowest BCUT2D eigenvalue weighted by Crippen LogP contribution is -2.43. The Balaban J connectivity index is 1.77. The molecule has 1 aliphatic heterocycles. The summed E-state index contributed by atoms with van der Waals surface area (Å²) < 4.78 is 35.2. The van der Waals surface area contributed by atoms with Crippen molar-refractivity contribution in [2.45, 2.75) is 26.7 Å². The largest absolute Gasteiger partial charge is 0.466 e. The number of aromatic nitrogens is 1. The zero-order valence-corrected chi connectivity index (χ0v) is 19.7. The summed E-state index contributed by atoms with van der Waals surface area (Å²) in [5.74, 6) is -2.35. The van der Waals surface area contributed by atoms with E-state index in [1.165, 1.54) is 12.1 Å². The molecule has 3 aromatic rings. The van der Waals surface area contributed by atoms with Gasteiger partial charge in [-0.05, 0) is 62.6 Å². The van der Waals surface area contributed by atoms with Crippen LogP contribution >= 0.6 is 11.6 Å². The molecule has 1 aromatic heterocycles. The van der Waals surface area contributed by atoms with Crippen molar-refractivity contribution in [3.05, 3.63) is 76.4 Å². The molecule has 8 heteroatoms. The molecule has 1 atom stereocenters. The van der Waals surface area contributed by atoms with Gasteiger partial charge in [-0.1, -0.05) is 23.7 Å². The van der Waals surface area contributed by atoms with Crippen LogP contribution in [-0.4, -0.2) is 41.0 Å². The molecule has 0 bridgehead atoms. The molecule has 0 radical (unpaired) electrons. The molecular weight excluding hydrogens is 462 g/mol. The average molecular weight is 487 g/mol. The minimum absolute atomic E-state index is 0.131. The normalized spacial score (nSPS) is 15.9. The van der Waals surface area contributed by atoms with E-state index >= 15 is 0 Å². The summed E-state index contributed by atoms with van der Waals surface area (Å²) in [4.78, 5) is 27.4. The number of hydrogen-bond donors (Lipinski definition) is 0. The van der Waals surface area contributed by atoms with Crippen molar-refractivity contribution >= 4 is 23.5 Å². The fourth-order valence-corrected chi connectivity index (χ4v) is 4.54. The highest BCUT2D eigenvalue weighted by atomic mass is 35.5. The Kier molecular flexibility index (Phi) is 7.03. The predicted molar refractivity (Wildman–Crippen MR) is 126 cm³/mol. The molecule has 178 valence electrons. The quantitative estimate of drug-likeness (QED) is 0.428. The van der Waals surface area contributed by atoms with E-state index in [1.807, 2.05) is 0 Å². The third-order valence-electron chi connectivity index (χ3n) is 6.10. The summed E-state index contributed by atoms with van der Waals surface area (Å²) in [6.07, 6.45) is 1.35. The summed E-state index contributed by atoms with van der Waals surface area (Å²) in [6.45, 7) is 4.55. The maximum Gasteiger partial charge on any atom is 0.310 e. The van der Waals surface area contributed by atoms with Crippen LogP contribution < -0.4 is 0 Å². The number of rotatable bonds is 5. The molecule has 2 heterocycles. The highest BCUT2D eigenvalue weighted by molar-refractivity contribution is 6.30. The number of amides is 1. The first kappa shape index (κ1) is 24.0. The number of nitrogens with zero attached hydrogens (tertiary/aromatic N) is 2. The van der Waals surface area contributed by atoms with E-state index in [0.717, 1.165) is 11.6 Å². The number of piperidine rings is 1. The smallest absolute Gasteiger partial charge is 0.310 e. The maximum absolute atomic E-state index is 14.8. The third-order valence-corrected chi connectivity index (χ3v) is 6.35. The standard InChI is InChI=1S/C26H25ClF2N2O3/c1-3-34-26(33)18-5-4-12-30(15-18)25(32)21-14-24(17-6-8-19(27)9-7-17)31(16(21)2)23-11-10-20(28)13-22(23)29/h6-11,13-14,18H,3-5,12,15H2,1-2H3. The van der Waals surface area contributed by atoms with E-state index in [1.54, 1.807) is 53.6 Å². The van der Waals surface area contributed by atoms with E-state index in [-0.39, 0.29) is 30.0 Å². The summed E-state index contributed by atoms with van der Waals surface area (Å²) in [5.41, 5.74) is 2.32. The van der Waals surface area contributed by atoms with Gasteiger partial charge in [0.2, 0.25) is 0 Å².